The third-order valence-electron chi connectivity index (χ3n) is 6.54. The Labute approximate surface area is 242 Å². The molecule has 3 aromatic carbocycles. The lowest BCUT2D eigenvalue weighted by Crippen LogP contribution is -2.41. The largest absolute Gasteiger partial charge is 0.497 e. The summed E-state index contributed by atoms with van der Waals surface area (Å²) in [5, 5.41) is 3.93. The van der Waals surface area contributed by atoms with Crippen LogP contribution in [0.15, 0.2) is 76.0 Å². The van der Waals surface area contributed by atoms with Gasteiger partial charge in [-0.25, -0.2) is 4.79 Å². The summed E-state index contributed by atoms with van der Waals surface area (Å²) in [6.07, 6.45) is 0. The molecular weight excluding hydrogens is 607 g/mol. The minimum Gasteiger partial charge on any atom is -0.497 e. The van der Waals surface area contributed by atoms with Gasteiger partial charge in [0, 0.05) is 34.7 Å². The van der Waals surface area contributed by atoms with Crippen LogP contribution < -0.4 is 15.7 Å². The number of hydrogen-bond acceptors (Lipinski definition) is 4. The summed E-state index contributed by atoms with van der Waals surface area (Å²) in [5.41, 5.74) is 2.05. The summed E-state index contributed by atoms with van der Waals surface area (Å²) < 4.78 is 8.88. The maximum atomic E-state index is 13.7. The van der Waals surface area contributed by atoms with Crippen LogP contribution in [-0.2, 0) is 19.6 Å². The SMILES string of the molecule is COc1ccc(-n2c(C(=O)NCc3ccc(Cl)cc3)c3n(c2=O)CCN(C(=O)c2ccc(Br)c(Cl)c2)C3)cc1. The Morgan fingerprint density at radius 3 is 2.38 bits per heavy atom. The molecule has 1 N–H and O–H groups in total. The molecule has 0 spiro atoms. The first-order valence-electron chi connectivity index (χ1n) is 12.0. The molecule has 0 saturated carbocycles. The van der Waals surface area contributed by atoms with E-state index >= 15 is 0 Å². The van der Waals surface area contributed by atoms with E-state index in [1.54, 1.807) is 71.2 Å². The molecule has 0 aliphatic carbocycles. The number of amides is 2. The van der Waals surface area contributed by atoms with Gasteiger partial charge in [0.2, 0.25) is 0 Å². The van der Waals surface area contributed by atoms with E-state index in [-0.39, 0.29) is 36.9 Å². The van der Waals surface area contributed by atoms with Crippen molar-refractivity contribution in [3.63, 3.8) is 0 Å². The molecule has 11 heteroatoms. The fourth-order valence-corrected chi connectivity index (χ4v) is 5.07. The molecule has 0 unspecified atom stereocenters. The number of methoxy groups -OCH3 is 1. The average molecular weight is 630 g/mol. The Morgan fingerprint density at radius 2 is 1.72 bits per heavy atom. The quantitative estimate of drug-likeness (QED) is 0.314. The highest BCUT2D eigenvalue weighted by Crippen LogP contribution is 2.26. The van der Waals surface area contributed by atoms with Crippen molar-refractivity contribution in [3.05, 3.63) is 114 Å². The molecular formula is C28H23BrCl2N4O4. The fraction of sp³-hybridized carbons (Fsp3) is 0.179. The van der Waals surface area contributed by atoms with Crippen LogP contribution in [0.4, 0.5) is 0 Å². The topological polar surface area (TPSA) is 85.6 Å². The molecule has 2 heterocycles. The van der Waals surface area contributed by atoms with Gasteiger partial charge in [-0.05, 0) is 76.1 Å². The molecule has 5 rings (SSSR count). The molecule has 0 bridgehead atoms. The van der Waals surface area contributed by atoms with Gasteiger partial charge in [-0.2, -0.15) is 0 Å². The number of imidazole rings is 1. The third kappa shape index (κ3) is 5.48. The first kappa shape index (κ1) is 27.1. The van der Waals surface area contributed by atoms with Gasteiger partial charge in [0.15, 0.2) is 0 Å². The highest BCUT2D eigenvalue weighted by molar-refractivity contribution is 9.10. The number of nitrogens with zero attached hydrogens (tertiary/aromatic N) is 3. The molecule has 0 atom stereocenters. The molecule has 39 heavy (non-hydrogen) atoms. The predicted octanol–water partition coefficient (Wildman–Crippen LogP) is 5.30. The predicted molar refractivity (Wildman–Crippen MR) is 153 cm³/mol. The minimum atomic E-state index is -0.437. The number of fused-ring (bicyclic) bond motifs is 1. The third-order valence-corrected chi connectivity index (χ3v) is 8.03. The number of carbonyl (C=O) groups excluding carboxylic acids is 2. The second kappa shape index (κ2) is 11.3. The van der Waals surface area contributed by atoms with Crippen LogP contribution in [0.3, 0.4) is 0 Å². The van der Waals surface area contributed by atoms with E-state index in [0.29, 0.717) is 43.8 Å². The number of carbonyl (C=O) groups is 2. The van der Waals surface area contributed by atoms with Crippen molar-refractivity contribution in [1.29, 1.82) is 0 Å². The van der Waals surface area contributed by atoms with Gasteiger partial charge in [-0.3, -0.25) is 18.7 Å². The number of halogens is 3. The van der Waals surface area contributed by atoms with E-state index in [1.807, 2.05) is 12.1 Å². The summed E-state index contributed by atoms with van der Waals surface area (Å²) in [4.78, 5) is 42.2. The highest BCUT2D eigenvalue weighted by atomic mass is 79.9. The molecule has 0 saturated heterocycles. The first-order chi connectivity index (χ1) is 18.8. The van der Waals surface area contributed by atoms with Crippen LogP contribution >= 0.6 is 39.1 Å². The summed E-state index contributed by atoms with van der Waals surface area (Å²) in [7, 11) is 1.55. The van der Waals surface area contributed by atoms with Gasteiger partial charge < -0.3 is 15.0 Å². The second-order valence-electron chi connectivity index (χ2n) is 8.93. The van der Waals surface area contributed by atoms with E-state index < -0.39 is 5.91 Å². The van der Waals surface area contributed by atoms with Crippen LogP contribution in [0, 0.1) is 0 Å². The fourth-order valence-electron chi connectivity index (χ4n) is 4.52. The van der Waals surface area contributed by atoms with Crippen molar-refractivity contribution >= 4 is 50.9 Å². The number of nitrogens with one attached hydrogen (secondary N) is 1. The first-order valence-corrected chi connectivity index (χ1v) is 13.6. The molecule has 1 aliphatic heterocycles. The Morgan fingerprint density at radius 1 is 1.00 bits per heavy atom. The zero-order chi connectivity index (χ0) is 27.7. The second-order valence-corrected chi connectivity index (χ2v) is 10.6. The summed E-state index contributed by atoms with van der Waals surface area (Å²) in [6, 6.07) is 19.0. The average Bonchev–Trinajstić information content (AvgIpc) is 3.25. The Hall–Kier alpha value is -3.53. The Bertz CT molecular complexity index is 1610. The van der Waals surface area contributed by atoms with Gasteiger partial charge in [0.25, 0.3) is 11.8 Å². The molecule has 0 radical (unpaired) electrons. The standard InChI is InChI=1S/C28H23BrCl2N4O4/c1-39-21-9-7-20(8-10-21)35-25(26(36)32-15-17-2-5-19(30)6-3-17)24-16-33(12-13-34(24)28(35)38)27(37)18-4-11-22(29)23(31)14-18/h2-11,14H,12-13,15-16H2,1H3,(H,32,36). The van der Waals surface area contributed by atoms with Crippen molar-refractivity contribution in [2.45, 2.75) is 19.6 Å². The number of rotatable bonds is 6. The molecule has 2 amide bonds. The van der Waals surface area contributed by atoms with E-state index in [9.17, 15) is 14.4 Å². The van der Waals surface area contributed by atoms with Crippen LogP contribution in [0.1, 0.15) is 32.1 Å². The van der Waals surface area contributed by atoms with Crippen molar-refractivity contribution in [1.82, 2.24) is 19.4 Å². The van der Waals surface area contributed by atoms with Crippen LogP contribution in [-0.4, -0.2) is 39.5 Å². The Kier molecular flexibility index (Phi) is 7.83. The minimum absolute atomic E-state index is 0.0780. The zero-order valence-electron chi connectivity index (χ0n) is 20.8. The lowest BCUT2D eigenvalue weighted by atomic mass is 10.1. The highest BCUT2D eigenvalue weighted by Gasteiger charge is 2.32. The van der Waals surface area contributed by atoms with Crippen LogP contribution in [0.2, 0.25) is 10.0 Å². The van der Waals surface area contributed by atoms with Crippen molar-refractivity contribution < 1.29 is 14.3 Å². The molecule has 1 aliphatic rings. The van der Waals surface area contributed by atoms with Gasteiger partial charge >= 0.3 is 5.69 Å². The molecule has 1 aromatic heterocycles. The van der Waals surface area contributed by atoms with E-state index in [4.69, 9.17) is 27.9 Å². The lowest BCUT2D eigenvalue weighted by molar-refractivity contribution is 0.0706. The normalized spacial score (nSPS) is 12.7. The van der Waals surface area contributed by atoms with Crippen molar-refractivity contribution in [2.24, 2.45) is 0 Å². The number of hydrogen-bond donors (Lipinski definition) is 1. The monoisotopic (exact) mass is 628 g/mol. The molecule has 4 aromatic rings. The lowest BCUT2D eigenvalue weighted by Gasteiger charge is -2.28. The zero-order valence-corrected chi connectivity index (χ0v) is 23.9. The maximum absolute atomic E-state index is 13.7. The van der Waals surface area contributed by atoms with E-state index in [0.717, 1.165) is 5.56 Å². The number of ether oxygens (including phenoxy) is 1. The van der Waals surface area contributed by atoms with Gasteiger partial charge in [-0.1, -0.05) is 35.3 Å². The summed E-state index contributed by atoms with van der Waals surface area (Å²) >= 11 is 15.5. The van der Waals surface area contributed by atoms with E-state index in [1.165, 1.54) is 4.57 Å². The summed E-state index contributed by atoms with van der Waals surface area (Å²) in [5.74, 6) is -0.0603. The molecule has 0 fully saturated rings. The maximum Gasteiger partial charge on any atom is 0.333 e. The van der Waals surface area contributed by atoms with Gasteiger partial charge in [0.1, 0.15) is 11.4 Å². The van der Waals surface area contributed by atoms with Gasteiger partial charge in [-0.15, -0.1) is 0 Å². The Balaban J connectivity index is 1.53. The van der Waals surface area contributed by atoms with Crippen LogP contribution in [0.25, 0.3) is 5.69 Å². The van der Waals surface area contributed by atoms with Crippen molar-refractivity contribution in [2.75, 3.05) is 13.7 Å². The number of benzene rings is 3. The van der Waals surface area contributed by atoms with Crippen molar-refractivity contribution in [3.8, 4) is 11.4 Å². The number of aromatic nitrogens is 2. The summed E-state index contributed by atoms with van der Waals surface area (Å²) in [6.45, 7) is 0.856. The van der Waals surface area contributed by atoms with Crippen LogP contribution in [0.5, 0.6) is 5.75 Å². The van der Waals surface area contributed by atoms with E-state index in [2.05, 4.69) is 21.2 Å². The molecule has 200 valence electrons. The smallest absolute Gasteiger partial charge is 0.333 e. The molecule has 8 nitrogen and oxygen atoms in total. The van der Waals surface area contributed by atoms with Gasteiger partial charge in [0.05, 0.1) is 30.1 Å².